The molecule has 0 aliphatic carbocycles. The SMILES string of the molecule is NC(=O)c1c(CCC(=O)Nc2ccc3ncccc3c2)cc(F)c(F)c1F. The van der Waals surface area contributed by atoms with Crippen molar-refractivity contribution >= 4 is 28.4 Å². The molecule has 0 atom stereocenters. The minimum Gasteiger partial charge on any atom is -0.365 e. The molecule has 0 saturated heterocycles. The summed E-state index contributed by atoms with van der Waals surface area (Å²) in [7, 11) is 0. The van der Waals surface area contributed by atoms with E-state index in [-0.39, 0.29) is 18.4 Å². The van der Waals surface area contributed by atoms with Crippen LogP contribution in [0, 0.1) is 17.5 Å². The first-order valence-corrected chi connectivity index (χ1v) is 7.97. The number of fused-ring (bicyclic) bond motifs is 1. The van der Waals surface area contributed by atoms with Gasteiger partial charge in [0.15, 0.2) is 17.5 Å². The van der Waals surface area contributed by atoms with Crippen LogP contribution in [0.3, 0.4) is 0 Å². The van der Waals surface area contributed by atoms with Crippen LogP contribution in [-0.4, -0.2) is 16.8 Å². The Hall–Kier alpha value is -3.42. The molecule has 2 aromatic carbocycles. The van der Waals surface area contributed by atoms with Gasteiger partial charge in [0.05, 0.1) is 11.1 Å². The Morgan fingerprint density at radius 3 is 2.59 bits per heavy atom. The molecule has 138 valence electrons. The van der Waals surface area contributed by atoms with Crippen LogP contribution in [0.25, 0.3) is 10.9 Å². The number of hydrogen-bond acceptors (Lipinski definition) is 3. The van der Waals surface area contributed by atoms with Crippen molar-refractivity contribution < 1.29 is 22.8 Å². The molecule has 3 N–H and O–H groups in total. The Morgan fingerprint density at radius 1 is 1.07 bits per heavy atom. The summed E-state index contributed by atoms with van der Waals surface area (Å²) in [6.07, 6.45) is 1.28. The predicted octanol–water partition coefficient (Wildman–Crippen LogP) is 3.32. The number of primary amides is 1. The van der Waals surface area contributed by atoms with Gasteiger partial charge in [0, 0.05) is 23.7 Å². The molecule has 0 saturated carbocycles. The maximum Gasteiger partial charge on any atom is 0.252 e. The fourth-order valence-electron chi connectivity index (χ4n) is 2.73. The molecule has 5 nitrogen and oxygen atoms in total. The lowest BCUT2D eigenvalue weighted by atomic mass is 10.0. The van der Waals surface area contributed by atoms with Crippen molar-refractivity contribution in [3.05, 3.63) is 71.2 Å². The second kappa shape index (κ2) is 7.45. The Balaban J connectivity index is 1.74. The molecule has 0 radical (unpaired) electrons. The van der Waals surface area contributed by atoms with Crippen molar-refractivity contribution in [3.63, 3.8) is 0 Å². The number of anilines is 1. The van der Waals surface area contributed by atoms with E-state index in [0.29, 0.717) is 11.8 Å². The molecule has 2 amide bonds. The van der Waals surface area contributed by atoms with Gasteiger partial charge in [0.25, 0.3) is 5.91 Å². The summed E-state index contributed by atoms with van der Waals surface area (Å²) in [6, 6.07) is 9.40. The van der Waals surface area contributed by atoms with Gasteiger partial charge >= 0.3 is 0 Å². The molecule has 0 unspecified atom stereocenters. The van der Waals surface area contributed by atoms with Crippen LogP contribution in [0.1, 0.15) is 22.3 Å². The molecule has 0 bridgehead atoms. The second-order valence-electron chi connectivity index (χ2n) is 5.84. The quantitative estimate of drug-likeness (QED) is 0.673. The largest absolute Gasteiger partial charge is 0.365 e. The zero-order chi connectivity index (χ0) is 19.6. The highest BCUT2D eigenvalue weighted by atomic mass is 19.2. The van der Waals surface area contributed by atoms with Gasteiger partial charge in [-0.25, -0.2) is 13.2 Å². The fourth-order valence-corrected chi connectivity index (χ4v) is 2.73. The van der Waals surface area contributed by atoms with Gasteiger partial charge in [-0.1, -0.05) is 6.07 Å². The third-order valence-electron chi connectivity index (χ3n) is 4.00. The number of aromatic nitrogens is 1. The topological polar surface area (TPSA) is 85.1 Å². The molecule has 0 aliphatic heterocycles. The number of nitrogens with two attached hydrogens (primary N) is 1. The average Bonchev–Trinajstić information content (AvgIpc) is 2.64. The van der Waals surface area contributed by atoms with Crippen LogP contribution in [0.15, 0.2) is 42.6 Å². The van der Waals surface area contributed by atoms with Crippen LogP contribution in [0.2, 0.25) is 0 Å². The van der Waals surface area contributed by atoms with Crippen LogP contribution in [0.4, 0.5) is 18.9 Å². The van der Waals surface area contributed by atoms with E-state index in [4.69, 9.17) is 5.73 Å². The summed E-state index contributed by atoms with van der Waals surface area (Å²) in [5.74, 6) is -6.56. The van der Waals surface area contributed by atoms with E-state index >= 15 is 0 Å². The number of carbonyl (C=O) groups is 2. The lowest BCUT2D eigenvalue weighted by molar-refractivity contribution is -0.116. The maximum absolute atomic E-state index is 13.8. The average molecular weight is 373 g/mol. The Labute approximate surface area is 152 Å². The number of nitrogens with zero attached hydrogens (tertiary/aromatic N) is 1. The van der Waals surface area contributed by atoms with Crippen LogP contribution in [0.5, 0.6) is 0 Å². The van der Waals surface area contributed by atoms with E-state index < -0.39 is 34.8 Å². The first-order chi connectivity index (χ1) is 12.9. The Kier molecular flexibility index (Phi) is 5.07. The lowest BCUT2D eigenvalue weighted by Gasteiger charge is -2.10. The van der Waals surface area contributed by atoms with Gasteiger partial charge in [-0.2, -0.15) is 0 Å². The van der Waals surface area contributed by atoms with Gasteiger partial charge in [0.2, 0.25) is 5.91 Å². The number of carbonyl (C=O) groups excluding carboxylic acids is 2. The fraction of sp³-hybridized carbons (Fsp3) is 0.105. The molecule has 0 spiro atoms. The summed E-state index contributed by atoms with van der Waals surface area (Å²) in [5.41, 5.74) is 5.40. The van der Waals surface area contributed by atoms with Crippen molar-refractivity contribution in [3.8, 4) is 0 Å². The molecule has 3 aromatic rings. The maximum atomic E-state index is 13.8. The lowest BCUT2D eigenvalue weighted by Crippen LogP contribution is -2.19. The standard InChI is InChI=1S/C19H14F3N3O2/c20-13-9-11(16(19(23)27)18(22)17(13)21)3-6-15(26)25-12-4-5-14-10(8-12)2-1-7-24-14/h1-2,4-5,7-9H,3,6H2,(H2,23,27)(H,25,26). The number of pyridine rings is 1. The number of benzene rings is 2. The normalized spacial score (nSPS) is 10.8. The van der Waals surface area contributed by atoms with Crippen molar-refractivity contribution in [2.45, 2.75) is 12.8 Å². The van der Waals surface area contributed by atoms with Crippen molar-refractivity contribution in [2.75, 3.05) is 5.32 Å². The zero-order valence-corrected chi connectivity index (χ0v) is 13.9. The molecule has 1 aromatic heterocycles. The smallest absolute Gasteiger partial charge is 0.252 e. The summed E-state index contributed by atoms with van der Waals surface area (Å²) >= 11 is 0. The van der Waals surface area contributed by atoms with Gasteiger partial charge in [-0.05, 0) is 42.3 Å². The highest BCUT2D eigenvalue weighted by Crippen LogP contribution is 2.22. The highest BCUT2D eigenvalue weighted by Gasteiger charge is 2.22. The third kappa shape index (κ3) is 3.89. The Bertz CT molecular complexity index is 1050. The number of nitrogens with one attached hydrogen (secondary N) is 1. The van der Waals surface area contributed by atoms with Gasteiger partial charge in [-0.3, -0.25) is 14.6 Å². The van der Waals surface area contributed by atoms with Crippen molar-refractivity contribution in [2.24, 2.45) is 5.73 Å². The minimum atomic E-state index is -1.78. The number of halogens is 3. The van der Waals surface area contributed by atoms with E-state index in [0.717, 1.165) is 10.9 Å². The highest BCUT2D eigenvalue weighted by molar-refractivity contribution is 5.96. The summed E-state index contributed by atoms with van der Waals surface area (Å²) in [5, 5.41) is 3.48. The monoisotopic (exact) mass is 373 g/mol. The number of rotatable bonds is 5. The molecule has 8 heteroatoms. The Morgan fingerprint density at radius 2 is 1.85 bits per heavy atom. The molecular weight excluding hydrogens is 359 g/mol. The first kappa shape index (κ1) is 18.4. The third-order valence-corrected chi connectivity index (χ3v) is 4.00. The summed E-state index contributed by atoms with van der Waals surface area (Å²) in [6.45, 7) is 0. The van der Waals surface area contributed by atoms with Crippen molar-refractivity contribution in [1.29, 1.82) is 0 Å². The molecule has 0 fully saturated rings. The van der Waals surface area contributed by atoms with E-state index in [1.54, 1.807) is 30.5 Å². The minimum absolute atomic E-state index is 0.170. The summed E-state index contributed by atoms with van der Waals surface area (Å²) in [4.78, 5) is 27.7. The summed E-state index contributed by atoms with van der Waals surface area (Å²) < 4.78 is 40.5. The van der Waals surface area contributed by atoms with Gasteiger partial charge in [0.1, 0.15) is 0 Å². The molecule has 0 aliphatic rings. The number of amides is 2. The van der Waals surface area contributed by atoms with Crippen molar-refractivity contribution in [1.82, 2.24) is 4.98 Å². The number of aryl methyl sites for hydroxylation is 1. The molecule has 3 rings (SSSR count). The van der Waals surface area contributed by atoms with E-state index in [9.17, 15) is 22.8 Å². The van der Waals surface area contributed by atoms with E-state index in [2.05, 4.69) is 10.3 Å². The van der Waals surface area contributed by atoms with E-state index in [1.807, 2.05) is 6.07 Å². The number of hydrogen-bond donors (Lipinski definition) is 2. The molecule has 1 heterocycles. The zero-order valence-electron chi connectivity index (χ0n) is 13.9. The van der Waals surface area contributed by atoms with Crippen LogP contribution < -0.4 is 11.1 Å². The van der Waals surface area contributed by atoms with Gasteiger partial charge < -0.3 is 11.1 Å². The second-order valence-corrected chi connectivity index (χ2v) is 5.84. The van der Waals surface area contributed by atoms with Gasteiger partial charge in [-0.15, -0.1) is 0 Å². The van der Waals surface area contributed by atoms with Crippen LogP contribution in [-0.2, 0) is 11.2 Å². The molecule has 27 heavy (non-hydrogen) atoms. The first-order valence-electron chi connectivity index (χ1n) is 7.97. The molecular formula is C19H14F3N3O2. The van der Waals surface area contributed by atoms with Crippen LogP contribution >= 0.6 is 0 Å². The van der Waals surface area contributed by atoms with E-state index in [1.165, 1.54) is 0 Å². The predicted molar refractivity (Wildman–Crippen MR) is 93.5 cm³/mol.